The first-order valence-electron chi connectivity index (χ1n) is 4.81. The van der Waals surface area contributed by atoms with Crippen molar-refractivity contribution in [3.05, 3.63) is 29.7 Å². The lowest BCUT2D eigenvalue weighted by Gasteiger charge is -1.96. The number of halogens is 1. The maximum atomic E-state index is 6.07. The van der Waals surface area contributed by atoms with E-state index in [0.29, 0.717) is 5.15 Å². The summed E-state index contributed by atoms with van der Waals surface area (Å²) in [5, 5.41) is 2.43. The molecule has 4 nitrogen and oxygen atoms in total. The van der Waals surface area contributed by atoms with Crippen LogP contribution in [0.1, 0.15) is 0 Å². The number of benzene rings is 1. The Kier molecular flexibility index (Phi) is 1.97. The number of nitrogens with one attached hydrogen (secondary N) is 2. The van der Waals surface area contributed by atoms with E-state index in [0.717, 1.165) is 27.7 Å². The number of methoxy groups -OCH3 is 1. The molecule has 2 N–H and O–H groups in total. The van der Waals surface area contributed by atoms with Gasteiger partial charge in [-0.2, -0.15) is 0 Å². The lowest BCUT2D eigenvalue weighted by atomic mass is 10.2. The molecule has 0 aliphatic carbocycles. The largest absolute Gasteiger partial charge is 0.497 e. The number of nitrogens with zero attached hydrogens (tertiary/aromatic N) is 1. The summed E-state index contributed by atoms with van der Waals surface area (Å²) in [6, 6.07) is 5.80. The number of hydrogen-bond donors (Lipinski definition) is 1. The van der Waals surface area contributed by atoms with Crippen LogP contribution in [0.25, 0.3) is 21.9 Å². The molecule has 3 aromatic rings. The third-order valence-corrected chi connectivity index (χ3v) is 2.89. The molecule has 0 atom stereocenters. The van der Waals surface area contributed by atoms with Crippen molar-refractivity contribution in [2.45, 2.75) is 0 Å². The molecule has 0 radical (unpaired) electrons. The lowest BCUT2D eigenvalue weighted by Crippen LogP contribution is -2.03. The second-order valence-corrected chi connectivity index (χ2v) is 3.84. The number of H-pyrrole nitrogens is 2. The summed E-state index contributed by atoms with van der Waals surface area (Å²) in [6.45, 7) is 0. The first kappa shape index (κ1) is 9.42. The molecule has 3 rings (SSSR count). The fourth-order valence-corrected chi connectivity index (χ4v) is 2.09. The molecule has 0 saturated heterocycles. The minimum absolute atomic E-state index is 0.491. The van der Waals surface area contributed by atoms with Crippen LogP contribution in [0.15, 0.2) is 24.5 Å². The predicted octanol–water partition coefficient (Wildman–Crippen LogP) is 2.19. The number of hydrogen-bond acceptors (Lipinski definition) is 2. The standard InChI is InChI=1S/C11H8ClN3O/c1-16-6-2-3-7-8(4-6)15-11-9(7)10(12)13-5-14-11/h2-5H,1H3,(H,13,14,15)/p+1. The molecule has 1 aromatic carbocycles. The summed E-state index contributed by atoms with van der Waals surface area (Å²) in [5.74, 6) is 0.808. The van der Waals surface area contributed by atoms with Crippen LogP contribution in [0.5, 0.6) is 5.75 Å². The minimum Gasteiger partial charge on any atom is -0.497 e. The maximum absolute atomic E-state index is 6.07. The van der Waals surface area contributed by atoms with Crippen molar-refractivity contribution in [3.63, 3.8) is 0 Å². The van der Waals surface area contributed by atoms with Crippen molar-refractivity contribution in [1.29, 1.82) is 0 Å². The van der Waals surface area contributed by atoms with E-state index in [4.69, 9.17) is 16.3 Å². The third kappa shape index (κ3) is 1.23. The number of aromatic amines is 2. The van der Waals surface area contributed by atoms with Gasteiger partial charge in [-0.1, -0.05) is 4.98 Å². The second-order valence-electron chi connectivity index (χ2n) is 3.48. The number of ether oxygens (including phenoxy) is 1. The van der Waals surface area contributed by atoms with Gasteiger partial charge >= 0.3 is 0 Å². The molecule has 0 bridgehead atoms. The Bertz CT molecular complexity index is 677. The fourth-order valence-electron chi connectivity index (χ4n) is 1.84. The first-order valence-corrected chi connectivity index (χ1v) is 5.19. The Morgan fingerprint density at radius 1 is 1.44 bits per heavy atom. The van der Waals surface area contributed by atoms with Crippen molar-refractivity contribution in [2.24, 2.45) is 0 Å². The number of rotatable bonds is 1. The molecule has 80 valence electrons. The SMILES string of the molecule is COc1ccc2c(c1)[nH]c1[nH+]cnc(Cl)c12. The Balaban J connectivity index is 2.47. The molecular formula is C11H9ClN3O+. The van der Waals surface area contributed by atoms with E-state index in [1.165, 1.54) is 0 Å². The molecule has 0 aliphatic heterocycles. The summed E-state index contributed by atoms with van der Waals surface area (Å²) in [5.41, 5.74) is 1.84. The Labute approximate surface area is 96.2 Å². The van der Waals surface area contributed by atoms with Crippen LogP contribution in [0.4, 0.5) is 0 Å². The summed E-state index contributed by atoms with van der Waals surface area (Å²) < 4.78 is 5.17. The van der Waals surface area contributed by atoms with Gasteiger partial charge in [0.05, 0.1) is 7.11 Å². The van der Waals surface area contributed by atoms with Gasteiger partial charge < -0.3 is 4.74 Å². The van der Waals surface area contributed by atoms with Crippen LogP contribution in [-0.4, -0.2) is 17.1 Å². The van der Waals surface area contributed by atoms with Crippen molar-refractivity contribution < 1.29 is 9.72 Å². The van der Waals surface area contributed by atoms with Gasteiger partial charge in [0.1, 0.15) is 16.7 Å². The monoisotopic (exact) mass is 234 g/mol. The zero-order valence-electron chi connectivity index (χ0n) is 8.54. The fraction of sp³-hybridized carbons (Fsp3) is 0.0909. The minimum atomic E-state index is 0.491. The Hall–Kier alpha value is -1.81. The van der Waals surface area contributed by atoms with Gasteiger partial charge in [0.15, 0.2) is 0 Å². The summed E-state index contributed by atoms with van der Waals surface area (Å²) >= 11 is 6.07. The Morgan fingerprint density at radius 2 is 2.31 bits per heavy atom. The van der Waals surface area contributed by atoms with Crippen molar-refractivity contribution in [2.75, 3.05) is 7.11 Å². The van der Waals surface area contributed by atoms with Gasteiger partial charge in [-0.05, 0) is 23.7 Å². The predicted molar refractivity (Wildman–Crippen MR) is 61.7 cm³/mol. The lowest BCUT2D eigenvalue weighted by molar-refractivity contribution is -0.352. The van der Waals surface area contributed by atoms with Crippen molar-refractivity contribution in [1.82, 2.24) is 9.97 Å². The van der Waals surface area contributed by atoms with E-state index in [-0.39, 0.29) is 0 Å². The third-order valence-electron chi connectivity index (χ3n) is 2.60. The summed E-state index contributed by atoms with van der Waals surface area (Å²) in [6.07, 6.45) is 1.57. The van der Waals surface area contributed by atoms with E-state index >= 15 is 0 Å². The molecule has 0 fully saturated rings. The van der Waals surface area contributed by atoms with Crippen LogP contribution in [0.3, 0.4) is 0 Å². The zero-order valence-corrected chi connectivity index (χ0v) is 9.30. The molecule has 0 amide bonds. The molecule has 0 unspecified atom stereocenters. The van der Waals surface area contributed by atoms with Crippen LogP contribution < -0.4 is 9.72 Å². The average molecular weight is 235 g/mol. The topological polar surface area (TPSA) is 52.0 Å². The van der Waals surface area contributed by atoms with Crippen LogP contribution in [0, 0.1) is 0 Å². The van der Waals surface area contributed by atoms with Gasteiger partial charge in [0.2, 0.25) is 17.1 Å². The zero-order chi connectivity index (χ0) is 11.1. The van der Waals surface area contributed by atoms with Crippen LogP contribution >= 0.6 is 11.6 Å². The number of fused-ring (bicyclic) bond motifs is 3. The van der Waals surface area contributed by atoms with E-state index in [1.54, 1.807) is 13.4 Å². The van der Waals surface area contributed by atoms with Gasteiger partial charge in [-0.25, -0.2) is 4.98 Å². The van der Waals surface area contributed by atoms with Gasteiger partial charge in [0, 0.05) is 11.5 Å². The summed E-state index contributed by atoms with van der Waals surface area (Å²) in [7, 11) is 1.64. The van der Waals surface area contributed by atoms with Gasteiger partial charge in [-0.3, -0.25) is 4.98 Å². The van der Waals surface area contributed by atoms with E-state index in [2.05, 4.69) is 15.0 Å². The first-order chi connectivity index (χ1) is 7.79. The molecule has 0 aliphatic rings. The normalized spacial score (nSPS) is 11.1. The molecule has 16 heavy (non-hydrogen) atoms. The molecule has 2 heterocycles. The smallest absolute Gasteiger partial charge is 0.236 e. The quantitative estimate of drug-likeness (QED) is 0.657. The van der Waals surface area contributed by atoms with Gasteiger partial charge in [-0.15, -0.1) is 0 Å². The van der Waals surface area contributed by atoms with E-state index < -0.39 is 0 Å². The molecule has 5 heteroatoms. The maximum Gasteiger partial charge on any atom is 0.236 e. The highest BCUT2D eigenvalue weighted by atomic mass is 35.5. The van der Waals surface area contributed by atoms with Crippen molar-refractivity contribution >= 4 is 33.5 Å². The molecule has 0 spiro atoms. The van der Waals surface area contributed by atoms with E-state index in [1.807, 2.05) is 18.2 Å². The van der Waals surface area contributed by atoms with E-state index in [9.17, 15) is 0 Å². The molecule has 0 saturated carbocycles. The average Bonchev–Trinajstić information content (AvgIpc) is 2.67. The highest BCUT2D eigenvalue weighted by Gasteiger charge is 2.14. The molecular weight excluding hydrogens is 226 g/mol. The highest BCUT2D eigenvalue weighted by molar-refractivity contribution is 6.36. The van der Waals surface area contributed by atoms with Gasteiger partial charge in [0.25, 0.3) is 0 Å². The number of aromatic nitrogens is 3. The van der Waals surface area contributed by atoms with Crippen molar-refractivity contribution in [3.8, 4) is 5.75 Å². The summed E-state index contributed by atoms with van der Waals surface area (Å²) in [4.78, 5) is 10.3. The highest BCUT2D eigenvalue weighted by Crippen LogP contribution is 2.29. The molecule has 2 aromatic heterocycles. The van der Waals surface area contributed by atoms with Crippen LogP contribution in [-0.2, 0) is 0 Å². The second kappa shape index (κ2) is 3.35. The van der Waals surface area contributed by atoms with Crippen LogP contribution in [0.2, 0.25) is 5.15 Å². The Morgan fingerprint density at radius 3 is 3.12 bits per heavy atom.